The zero-order chi connectivity index (χ0) is 12.3. The Morgan fingerprint density at radius 2 is 2.00 bits per heavy atom. The van der Waals surface area contributed by atoms with Crippen molar-refractivity contribution in [3.63, 3.8) is 0 Å². The molecule has 16 heavy (non-hydrogen) atoms. The van der Waals surface area contributed by atoms with Crippen LogP contribution in [0.1, 0.15) is 10.4 Å². The largest absolute Gasteiger partial charge is 0.355 e. The lowest BCUT2D eigenvalue weighted by Gasteiger charge is -2.06. The number of carbonyl (C=O) groups excluding carboxylic acids is 1. The van der Waals surface area contributed by atoms with E-state index in [0.29, 0.717) is 5.56 Å². The summed E-state index contributed by atoms with van der Waals surface area (Å²) in [7, 11) is -2.00. The Hall–Kier alpha value is -0.400. The Kier molecular flexibility index (Phi) is 4.52. The molecule has 0 aromatic heterocycles. The maximum absolute atomic E-state index is 11.8. The van der Waals surface area contributed by atoms with Gasteiger partial charge in [0.25, 0.3) is 5.91 Å². The first-order chi connectivity index (χ1) is 7.39. The fourth-order valence-corrected chi connectivity index (χ4v) is 3.12. The van der Waals surface area contributed by atoms with Gasteiger partial charge in [-0.15, -0.1) is 0 Å². The Morgan fingerprint density at radius 3 is 2.50 bits per heavy atom. The van der Waals surface area contributed by atoms with Crippen LogP contribution in [0, 0.1) is 0 Å². The zero-order valence-electron chi connectivity index (χ0n) is 8.28. The van der Waals surface area contributed by atoms with Crippen molar-refractivity contribution in [2.24, 2.45) is 0 Å². The van der Waals surface area contributed by atoms with E-state index >= 15 is 0 Å². The summed E-state index contributed by atoms with van der Waals surface area (Å²) >= 11 is 5.88. The molecule has 0 fully saturated rings. The monoisotopic (exact) mass is 369 g/mol. The highest BCUT2D eigenvalue weighted by molar-refractivity contribution is 9.27. The van der Waals surface area contributed by atoms with Gasteiger partial charge in [-0.3, -0.25) is 4.79 Å². The molecule has 0 radical (unpaired) electrons. The highest BCUT2D eigenvalue weighted by atomic mass is 79.9. The average Bonchev–Trinajstić information content (AvgIpc) is 2.28. The van der Waals surface area contributed by atoms with Crippen molar-refractivity contribution in [3.8, 4) is 0 Å². The van der Waals surface area contributed by atoms with Gasteiger partial charge in [0, 0.05) is 12.6 Å². The standard InChI is InChI=1S/C9H9Br2NO3S/c1-12-8(13)6-3-2-4-7(5-6)16(14,15)9(10)11/h2-5,9H,1H3,(H,12,13). The Balaban J connectivity index is 3.24. The third kappa shape index (κ3) is 2.83. The molecule has 1 aromatic rings. The van der Waals surface area contributed by atoms with Crippen LogP contribution in [0.25, 0.3) is 0 Å². The summed E-state index contributed by atoms with van der Waals surface area (Å²) in [6, 6.07) is 5.86. The molecule has 0 aliphatic carbocycles. The number of halogens is 2. The average molecular weight is 371 g/mol. The molecule has 0 saturated heterocycles. The van der Waals surface area contributed by atoms with Crippen LogP contribution in [-0.4, -0.2) is 24.4 Å². The van der Waals surface area contributed by atoms with Crippen molar-refractivity contribution in [1.29, 1.82) is 0 Å². The van der Waals surface area contributed by atoms with Gasteiger partial charge in [-0.05, 0) is 18.2 Å². The second kappa shape index (κ2) is 5.29. The van der Waals surface area contributed by atoms with Gasteiger partial charge in [0.2, 0.25) is 9.84 Å². The van der Waals surface area contributed by atoms with Crippen LogP contribution >= 0.6 is 31.9 Å². The van der Waals surface area contributed by atoms with E-state index in [2.05, 4.69) is 37.2 Å². The highest BCUT2D eigenvalue weighted by Crippen LogP contribution is 2.25. The fourth-order valence-electron chi connectivity index (χ4n) is 1.06. The topological polar surface area (TPSA) is 63.2 Å². The maximum Gasteiger partial charge on any atom is 0.251 e. The van der Waals surface area contributed by atoms with Gasteiger partial charge in [-0.25, -0.2) is 8.42 Å². The van der Waals surface area contributed by atoms with Gasteiger partial charge in [0.15, 0.2) is 3.07 Å². The van der Waals surface area contributed by atoms with Crippen LogP contribution in [0.5, 0.6) is 0 Å². The number of amides is 1. The molecule has 0 aliphatic rings. The van der Waals surface area contributed by atoms with Crippen molar-refractivity contribution in [3.05, 3.63) is 29.8 Å². The fraction of sp³-hybridized carbons (Fsp3) is 0.222. The number of alkyl halides is 2. The van der Waals surface area contributed by atoms with E-state index in [4.69, 9.17) is 0 Å². The first kappa shape index (κ1) is 13.7. The van der Waals surface area contributed by atoms with Gasteiger partial charge in [0.05, 0.1) is 4.90 Å². The molecule has 0 aliphatic heterocycles. The summed E-state index contributed by atoms with van der Waals surface area (Å²) in [4.78, 5) is 11.4. The summed E-state index contributed by atoms with van der Waals surface area (Å²) in [5.41, 5.74) is 0.309. The first-order valence-electron chi connectivity index (χ1n) is 4.24. The van der Waals surface area contributed by atoms with Crippen LogP contribution < -0.4 is 5.32 Å². The van der Waals surface area contributed by atoms with Gasteiger partial charge in [0.1, 0.15) is 0 Å². The summed E-state index contributed by atoms with van der Waals surface area (Å²) < 4.78 is 22.7. The van der Waals surface area contributed by atoms with Gasteiger partial charge in [-0.2, -0.15) is 0 Å². The molecule has 7 heteroatoms. The number of nitrogens with one attached hydrogen (secondary N) is 1. The van der Waals surface area contributed by atoms with Crippen LogP contribution in [-0.2, 0) is 9.84 Å². The summed E-state index contributed by atoms with van der Waals surface area (Å²) in [6.45, 7) is 0. The second-order valence-electron chi connectivity index (χ2n) is 2.91. The van der Waals surface area contributed by atoms with Crippen molar-refractivity contribution in [1.82, 2.24) is 5.32 Å². The molecule has 1 N–H and O–H groups in total. The molecule has 4 nitrogen and oxygen atoms in total. The molecule has 0 unspecified atom stereocenters. The number of carbonyl (C=O) groups is 1. The molecule has 0 bridgehead atoms. The van der Waals surface area contributed by atoms with Gasteiger partial charge >= 0.3 is 0 Å². The normalized spacial score (nSPS) is 11.5. The number of rotatable bonds is 3. The number of hydrogen-bond acceptors (Lipinski definition) is 3. The van der Waals surface area contributed by atoms with Crippen molar-refractivity contribution in [2.45, 2.75) is 7.96 Å². The molecule has 0 spiro atoms. The van der Waals surface area contributed by atoms with Crippen LogP contribution in [0.4, 0.5) is 0 Å². The summed E-state index contributed by atoms with van der Waals surface area (Å²) in [5.74, 6) is -0.322. The Labute approximate surface area is 111 Å². The van der Waals surface area contributed by atoms with Crippen molar-refractivity contribution in [2.75, 3.05) is 7.05 Å². The molecular formula is C9H9Br2NO3S. The summed E-state index contributed by atoms with van der Waals surface area (Å²) in [5, 5.41) is 2.43. The summed E-state index contributed by atoms with van der Waals surface area (Å²) in [6.07, 6.45) is 0. The van der Waals surface area contributed by atoms with Crippen LogP contribution in [0.15, 0.2) is 29.2 Å². The Bertz CT molecular complexity index is 499. The molecule has 0 heterocycles. The molecule has 0 saturated carbocycles. The van der Waals surface area contributed by atoms with E-state index in [-0.39, 0.29) is 10.8 Å². The lowest BCUT2D eigenvalue weighted by molar-refractivity contribution is 0.0963. The Morgan fingerprint density at radius 1 is 1.38 bits per heavy atom. The van der Waals surface area contributed by atoms with E-state index in [1.165, 1.54) is 25.2 Å². The molecule has 1 aromatic carbocycles. The molecule has 88 valence electrons. The second-order valence-corrected chi connectivity index (χ2v) is 9.22. The quantitative estimate of drug-likeness (QED) is 0.826. The minimum Gasteiger partial charge on any atom is -0.355 e. The molecular weight excluding hydrogens is 362 g/mol. The van der Waals surface area contributed by atoms with E-state index in [1.807, 2.05) is 0 Å². The number of hydrogen-bond donors (Lipinski definition) is 1. The molecule has 1 rings (SSSR count). The van der Waals surface area contributed by atoms with E-state index in [0.717, 1.165) is 0 Å². The van der Waals surface area contributed by atoms with Crippen molar-refractivity contribution < 1.29 is 13.2 Å². The molecule has 0 atom stereocenters. The number of benzene rings is 1. The minimum absolute atomic E-state index is 0.0901. The zero-order valence-corrected chi connectivity index (χ0v) is 12.3. The SMILES string of the molecule is CNC(=O)c1cccc(S(=O)(=O)C(Br)Br)c1. The van der Waals surface area contributed by atoms with E-state index < -0.39 is 12.9 Å². The third-order valence-corrected chi connectivity index (χ3v) is 6.22. The predicted molar refractivity (Wildman–Crippen MR) is 68.7 cm³/mol. The van der Waals surface area contributed by atoms with Crippen LogP contribution in [0.3, 0.4) is 0 Å². The minimum atomic E-state index is -3.49. The first-order valence-corrected chi connectivity index (χ1v) is 7.61. The van der Waals surface area contributed by atoms with E-state index in [9.17, 15) is 13.2 Å². The molecule has 1 amide bonds. The van der Waals surface area contributed by atoms with Crippen molar-refractivity contribution >= 4 is 47.6 Å². The third-order valence-electron chi connectivity index (χ3n) is 1.89. The predicted octanol–water partition coefficient (Wildman–Crippen LogP) is 1.89. The number of sulfone groups is 1. The van der Waals surface area contributed by atoms with Gasteiger partial charge < -0.3 is 5.32 Å². The smallest absolute Gasteiger partial charge is 0.251 e. The van der Waals surface area contributed by atoms with Crippen LogP contribution in [0.2, 0.25) is 0 Å². The maximum atomic E-state index is 11.8. The lowest BCUT2D eigenvalue weighted by Crippen LogP contribution is -2.18. The highest BCUT2D eigenvalue weighted by Gasteiger charge is 2.22. The lowest BCUT2D eigenvalue weighted by atomic mass is 10.2. The van der Waals surface area contributed by atoms with E-state index in [1.54, 1.807) is 6.07 Å². The van der Waals surface area contributed by atoms with Gasteiger partial charge in [-0.1, -0.05) is 37.9 Å².